The summed E-state index contributed by atoms with van der Waals surface area (Å²) >= 11 is 0. The molecule has 1 N–H and O–H groups in total. The molecule has 0 aromatic carbocycles. The number of aliphatic hydroxyl groups is 1. The maximum Gasteiger partial charge on any atom is 0.270 e. The number of carbonyl (C=O) groups is 1. The van der Waals surface area contributed by atoms with Gasteiger partial charge in [-0.15, -0.1) is 0 Å². The number of aliphatic hydroxyl groups excluding tert-OH is 1. The second kappa shape index (κ2) is 7.13. The molecule has 0 aliphatic rings. The number of hydrogen-bond donors (Lipinski definition) is 1. The summed E-state index contributed by atoms with van der Waals surface area (Å²) in [6, 6.07) is 3.63. The standard InChI is InChI=1S/C18H25N3O3/c1-13-6-7-15-19-10-14(17(24)21(15)11-13)16(23)20(8-5-9-22)12-18(2,3)4/h6-7,10-11,22H,5,8-9,12H2,1-4H3. The fourth-order valence-electron chi connectivity index (χ4n) is 2.59. The van der Waals surface area contributed by atoms with Crippen molar-refractivity contribution in [3.05, 3.63) is 46.0 Å². The fourth-order valence-corrected chi connectivity index (χ4v) is 2.59. The van der Waals surface area contributed by atoms with E-state index in [9.17, 15) is 9.59 Å². The van der Waals surface area contributed by atoms with E-state index in [1.165, 1.54) is 10.6 Å². The number of carbonyl (C=O) groups excluding carboxylic acids is 1. The van der Waals surface area contributed by atoms with Gasteiger partial charge in [-0.1, -0.05) is 26.8 Å². The third-order valence-electron chi connectivity index (χ3n) is 3.62. The molecule has 0 unspecified atom stereocenters. The Bertz CT molecular complexity index is 790. The van der Waals surface area contributed by atoms with Crippen molar-refractivity contribution in [2.24, 2.45) is 5.41 Å². The number of pyridine rings is 1. The summed E-state index contributed by atoms with van der Waals surface area (Å²) in [7, 11) is 0. The Morgan fingerprint density at radius 1 is 1.33 bits per heavy atom. The first-order chi connectivity index (χ1) is 11.2. The summed E-state index contributed by atoms with van der Waals surface area (Å²) in [6.07, 6.45) is 3.51. The van der Waals surface area contributed by atoms with Gasteiger partial charge in [-0.25, -0.2) is 4.98 Å². The predicted molar refractivity (Wildman–Crippen MR) is 93.3 cm³/mol. The van der Waals surface area contributed by atoms with Gasteiger partial charge in [-0.2, -0.15) is 0 Å². The summed E-state index contributed by atoms with van der Waals surface area (Å²) in [6.45, 7) is 8.88. The molecule has 6 nitrogen and oxygen atoms in total. The summed E-state index contributed by atoms with van der Waals surface area (Å²) in [4.78, 5) is 31.4. The van der Waals surface area contributed by atoms with E-state index in [0.717, 1.165) is 5.56 Å². The molecule has 0 aliphatic carbocycles. The Balaban J connectivity index is 2.43. The van der Waals surface area contributed by atoms with Crippen LogP contribution in [0.1, 0.15) is 43.1 Å². The minimum Gasteiger partial charge on any atom is -0.396 e. The van der Waals surface area contributed by atoms with E-state index in [-0.39, 0.29) is 29.1 Å². The third kappa shape index (κ3) is 4.20. The molecule has 0 bridgehead atoms. The van der Waals surface area contributed by atoms with Crippen molar-refractivity contribution in [3.63, 3.8) is 0 Å². The molecule has 130 valence electrons. The highest BCUT2D eigenvalue weighted by molar-refractivity contribution is 5.93. The topological polar surface area (TPSA) is 74.9 Å². The summed E-state index contributed by atoms with van der Waals surface area (Å²) < 4.78 is 1.41. The molecular formula is C18H25N3O3. The summed E-state index contributed by atoms with van der Waals surface area (Å²) in [5, 5.41) is 9.08. The van der Waals surface area contributed by atoms with Gasteiger partial charge in [0, 0.05) is 32.1 Å². The Hall–Kier alpha value is -2.21. The summed E-state index contributed by atoms with van der Waals surface area (Å²) in [5.41, 5.74) is 1.02. The van der Waals surface area contributed by atoms with Crippen molar-refractivity contribution >= 4 is 11.6 Å². The smallest absolute Gasteiger partial charge is 0.270 e. The van der Waals surface area contributed by atoms with Crippen LogP contribution in [0.15, 0.2) is 29.3 Å². The van der Waals surface area contributed by atoms with E-state index in [2.05, 4.69) is 4.98 Å². The Kier molecular flexibility index (Phi) is 5.39. The molecule has 0 saturated carbocycles. The fraction of sp³-hybridized carbons (Fsp3) is 0.500. The zero-order valence-electron chi connectivity index (χ0n) is 14.7. The van der Waals surface area contributed by atoms with Gasteiger partial charge in [-0.3, -0.25) is 14.0 Å². The van der Waals surface area contributed by atoms with Crippen molar-refractivity contribution in [2.75, 3.05) is 19.7 Å². The van der Waals surface area contributed by atoms with Gasteiger partial charge in [0.2, 0.25) is 0 Å². The molecule has 1 amide bonds. The number of hydrogen-bond acceptors (Lipinski definition) is 4. The second-order valence-corrected chi connectivity index (χ2v) is 7.28. The molecule has 6 heteroatoms. The first kappa shape index (κ1) is 18.1. The molecule has 2 rings (SSSR count). The molecule has 0 fully saturated rings. The highest BCUT2D eigenvalue weighted by Gasteiger charge is 2.24. The van der Waals surface area contributed by atoms with E-state index in [4.69, 9.17) is 5.11 Å². The maximum absolute atomic E-state index is 12.9. The number of aryl methyl sites for hydroxylation is 1. The van der Waals surface area contributed by atoms with Crippen LogP contribution in [0.2, 0.25) is 0 Å². The van der Waals surface area contributed by atoms with Gasteiger partial charge < -0.3 is 10.0 Å². The number of nitrogens with zero attached hydrogens (tertiary/aromatic N) is 3. The minimum atomic E-state index is -0.364. The highest BCUT2D eigenvalue weighted by atomic mass is 16.3. The van der Waals surface area contributed by atoms with Crippen molar-refractivity contribution in [2.45, 2.75) is 34.1 Å². The van der Waals surface area contributed by atoms with Crippen LogP contribution in [0.3, 0.4) is 0 Å². The lowest BCUT2D eigenvalue weighted by Crippen LogP contribution is -2.41. The monoisotopic (exact) mass is 331 g/mol. The van der Waals surface area contributed by atoms with E-state index >= 15 is 0 Å². The molecule has 0 radical (unpaired) electrons. The van der Waals surface area contributed by atoms with E-state index < -0.39 is 0 Å². The van der Waals surface area contributed by atoms with Crippen LogP contribution >= 0.6 is 0 Å². The molecule has 0 aliphatic heterocycles. The molecule has 2 heterocycles. The lowest BCUT2D eigenvalue weighted by molar-refractivity contribution is 0.0680. The van der Waals surface area contributed by atoms with Crippen molar-refractivity contribution in [3.8, 4) is 0 Å². The average Bonchev–Trinajstić information content (AvgIpc) is 2.50. The van der Waals surface area contributed by atoms with Gasteiger partial charge in [0.15, 0.2) is 0 Å². The highest BCUT2D eigenvalue weighted by Crippen LogP contribution is 2.17. The number of amides is 1. The van der Waals surface area contributed by atoms with Gasteiger partial charge in [0.1, 0.15) is 11.2 Å². The largest absolute Gasteiger partial charge is 0.396 e. The van der Waals surface area contributed by atoms with Crippen molar-refractivity contribution < 1.29 is 9.90 Å². The molecule has 0 atom stereocenters. The quantitative estimate of drug-likeness (QED) is 0.907. The van der Waals surface area contributed by atoms with Crippen LogP contribution in [-0.2, 0) is 0 Å². The zero-order chi connectivity index (χ0) is 17.9. The first-order valence-corrected chi connectivity index (χ1v) is 8.11. The Morgan fingerprint density at radius 3 is 2.67 bits per heavy atom. The lowest BCUT2D eigenvalue weighted by Gasteiger charge is -2.29. The minimum absolute atomic E-state index is 0.00205. The summed E-state index contributed by atoms with van der Waals surface area (Å²) in [5.74, 6) is -0.341. The molecule has 2 aromatic heterocycles. The molecular weight excluding hydrogens is 306 g/mol. The number of rotatable bonds is 5. The van der Waals surface area contributed by atoms with E-state index in [1.54, 1.807) is 17.2 Å². The normalized spacial score (nSPS) is 11.7. The van der Waals surface area contributed by atoms with Crippen LogP contribution in [0.25, 0.3) is 5.65 Å². The molecule has 2 aromatic rings. The Labute approximate surface area is 141 Å². The van der Waals surface area contributed by atoms with Gasteiger partial charge in [0.05, 0.1) is 0 Å². The predicted octanol–water partition coefficient (Wildman–Crippen LogP) is 1.87. The van der Waals surface area contributed by atoms with E-state index in [1.807, 2.05) is 33.8 Å². The third-order valence-corrected chi connectivity index (χ3v) is 3.62. The van der Waals surface area contributed by atoms with Crippen molar-refractivity contribution in [1.82, 2.24) is 14.3 Å². The molecule has 24 heavy (non-hydrogen) atoms. The SMILES string of the molecule is Cc1ccc2ncc(C(=O)N(CCCO)CC(C)(C)C)c(=O)n2c1. The number of aromatic nitrogens is 2. The average molecular weight is 331 g/mol. The van der Waals surface area contributed by atoms with Gasteiger partial charge in [0.25, 0.3) is 11.5 Å². The first-order valence-electron chi connectivity index (χ1n) is 8.11. The Morgan fingerprint density at radius 2 is 2.04 bits per heavy atom. The van der Waals surface area contributed by atoms with Gasteiger partial charge in [-0.05, 0) is 30.4 Å². The zero-order valence-corrected chi connectivity index (χ0v) is 14.7. The van der Waals surface area contributed by atoms with E-state index in [0.29, 0.717) is 25.2 Å². The van der Waals surface area contributed by atoms with Crippen LogP contribution in [0.5, 0.6) is 0 Å². The second-order valence-electron chi connectivity index (χ2n) is 7.28. The van der Waals surface area contributed by atoms with Gasteiger partial charge >= 0.3 is 0 Å². The van der Waals surface area contributed by atoms with Crippen LogP contribution in [0.4, 0.5) is 0 Å². The molecule has 0 spiro atoms. The lowest BCUT2D eigenvalue weighted by atomic mass is 9.95. The van der Waals surface area contributed by atoms with Crippen LogP contribution in [0, 0.1) is 12.3 Å². The number of fused-ring (bicyclic) bond motifs is 1. The molecule has 0 saturated heterocycles. The van der Waals surface area contributed by atoms with Crippen LogP contribution in [-0.4, -0.2) is 45.0 Å². The maximum atomic E-state index is 12.9. The van der Waals surface area contributed by atoms with Crippen molar-refractivity contribution in [1.29, 1.82) is 0 Å². The van der Waals surface area contributed by atoms with Crippen LogP contribution < -0.4 is 5.56 Å².